The fourth-order valence-corrected chi connectivity index (χ4v) is 4.68. The van der Waals surface area contributed by atoms with Crippen molar-refractivity contribution in [2.24, 2.45) is 0 Å². The predicted octanol–water partition coefficient (Wildman–Crippen LogP) is 3.98. The SMILES string of the molecule is Cc1ccc(S(=O)(=O)N(C)c2ccc(C(=O)NCCc3ccc(-n4cccn4)cc3)cc2)cc1. The van der Waals surface area contributed by atoms with Crippen molar-refractivity contribution in [2.45, 2.75) is 18.2 Å². The second kappa shape index (κ2) is 9.93. The maximum absolute atomic E-state index is 12.9. The fourth-order valence-electron chi connectivity index (χ4n) is 3.49. The Balaban J connectivity index is 1.33. The van der Waals surface area contributed by atoms with Crippen LogP contribution in [0.5, 0.6) is 0 Å². The van der Waals surface area contributed by atoms with Crippen LogP contribution in [0.25, 0.3) is 5.69 Å². The lowest BCUT2D eigenvalue weighted by Gasteiger charge is -2.20. The Morgan fingerprint density at radius 1 is 0.971 bits per heavy atom. The number of amides is 1. The Labute approximate surface area is 199 Å². The summed E-state index contributed by atoms with van der Waals surface area (Å²) in [6.45, 7) is 2.39. The van der Waals surface area contributed by atoms with Crippen molar-refractivity contribution in [3.8, 4) is 5.69 Å². The minimum Gasteiger partial charge on any atom is -0.352 e. The van der Waals surface area contributed by atoms with Crippen LogP contribution in [0, 0.1) is 6.92 Å². The molecule has 0 aliphatic carbocycles. The number of carbonyl (C=O) groups is 1. The number of sulfonamides is 1. The average molecular weight is 475 g/mol. The highest BCUT2D eigenvalue weighted by atomic mass is 32.2. The van der Waals surface area contributed by atoms with Crippen LogP contribution < -0.4 is 9.62 Å². The van der Waals surface area contributed by atoms with Gasteiger partial charge in [0.25, 0.3) is 15.9 Å². The first-order valence-corrected chi connectivity index (χ1v) is 12.3. The molecular weight excluding hydrogens is 448 g/mol. The third-order valence-electron chi connectivity index (χ3n) is 5.58. The summed E-state index contributed by atoms with van der Waals surface area (Å²) in [5.74, 6) is -0.205. The number of aryl methyl sites for hydroxylation is 1. The minimum absolute atomic E-state index is 0.205. The van der Waals surface area contributed by atoms with Gasteiger partial charge in [0.05, 0.1) is 16.3 Å². The minimum atomic E-state index is -3.68. The van der Waals surface area contributed by atoms with E-state index in [-0.39, 0.29) is 10.8 Å². The van der Waals surface area contributed by atoms with Gasteiger partial charge in [0.15, 0.2) is 0 Å². The Kier molecular flexibility index (Phi) is 6.79. The van der Waals surface area contributed by atoms with Crippen molar-refractivity contribution >= 4 is 21.6 Å². The van der Waals surface area contributed by atoms with Crippen LogP contribution >= 0.6 is 0 Å². The zero-order chi connectivity index (χ0) is 24.1. The number of anilines is 1. The van der Waals surface area contributed by atoms with E-state index in [9.17, 15) is 13.2 Å². The van der Waals surface area contributed by atoms with Crippen LogP contribution in [0.1, 0.15) is 21.5 Å². The van der Waals surface area contributed by atoms with Gasteiger partial charge in [0.1, 0.15) is 0 Å². The summed E-state index contributed by atoms with van der Waals surface area (Å²) in [4.78, 5) is 12.7. The lowest BCUT2D eigenvalue weighted by molar-refractivity contribution is 0.0954. The number of nitrogens with one attached hydrogen (secondary N) is 1. The van der Waals surface area contributed by atoms with E-state index in [2.05, 4.69) is 10.4 Å². The molecule has 4 rings (SSSR count). The molecule has 4 aromatic rings. The van der Waals surface area contributed by atoms with Crippen molar-refractivity contribution in [1.29, 1.82) is 0 Å². The van der Waals surface area contributed by atoms with E-state index in [0.717, 1.165) is 16.8 Å². The number of rotatable bonds is 8. The lowest BCUT2D eigenvalue weighted by atomic mass is 10.1. The van der Waals surface area contributed by atoms with E-state index in [0.29, 0.717) is 24.2 Å². The van der Waals surface area contributed by atoms with Crippen molar-refractivity contribution in [1.82, 2.24) is 15.1 Å². The highest BCUT2D eigenvalue weighted by Gasteiger charge is 2.21. The summed E-state index contributed by atoms with van der Waals surface area (Å²) in [5, 5.41) is 7.12. The van der Waals surface area contributed by atoms with Crippen molar-refractivity contribution in [3.63, 3.8) is 0 Å². The van der Waals surface area contributed by atoms with Crippen LogP contribution in [0.2, 0.25) is 0 Å². The molecule has 3 aromatic carbocycles. The number of benzene rings is 3. The van der Waals surface area contributed by atoms with Gasteiger partial charge in [-0.2, -0.15) is 5.10 Å². The summed E-state index contributed by atoms with van der Waals surface area (Å²) in [7, 11) is -2.18. The molecule has 0 aliphatic heterocycles. The second-order valence-electron chi connectivity index (χ2n) is 7.96. The van der Waals surface area contributed by atoms with Gasteiger partial charge in [-0.15, -0.1) is 0 Å². The third kappa shape index (κ3) is 5.18. The summed E-state index contributed by atoms with van der Waals surface area (Å²) in [6.07, 6.45) is 4.31. The zero-order valence-electron chi connectivity index (χ0n) is 19.0. The molecule has 0 spiro atoms. The number of carbonyl (C=O) groups excluding carboxylic acids is 1. The quantitative estimate of drug-likeness (QED) is 0.419. The molecule has 0 saturated carbocycles. The van der Waals surface area contributed by atoms with Gasteiger partial charge in [-0.05, 0) is 73.5 Å². The Morgan fingerprint density at radius 2 is 1.65 bits per heavy atom. The average Bonchev–Trinajstić information content (AvgIpc) is 3.39. The smallest absolute Gasteiger partial charge is 0.264 e. The van der Waals surface area contributed by atoms with E-state index < -0.39 is 10.0 Å². The molecule has 0 aliphatic rings. The van der Waals surface area contributed by atoms with Gasteiger partial charge in [-0.25, -0.2) is 13.1 Å². The van der Waals surface area contributed by atoms with Crippen molar-refractivity contribution in [2.75, 3.05) is 17.9 Å². The highest BCUT2D eigenvalue weighted by molar-refractivity contribution is 7.92. The molecule has 8 heteroatoms. The summed E-state index contributed by atoms with van der Waals surface area (Å²) < 4.78 is 28.7. The molecular formula is C26H26N4O3S. The molecule has 1 aromatic heterocycles. The van der Waals surface area contributed by atoms with Crippen LogP contribution in [-0.2, 0) is 16.4 Å². The zero-order valence-corrected chi connectivity index (χ0v) is 19.9. The fraction of sp³-hybridized carbons (Fsp3) is 0.154. The van der Waals surface area contributed by atoms with E-state index in [1.165, 1.54) is 11.4 Å². The number of hydrogen-bond donors (Lipinski definition) is 1. The maximum atomic E-state index is 12.9. The topological polar surface area (TPSA) is 84.3 Å². The molecule has 0 fully saturated rings. The van der Waals surface area contributed by atoms with E-state index in [4.69, 9.17) is 0 Å². The van der Waals surface area contributed by atoms with Gasteiger partial charge >= 0.3 is 0 Å². The second-order valence-corrected chi connectivity index (χ2v) is 9.92. The Hall–Kier alpha value is -3.91. The molecule has 0 bridgehead atoms. The third-order valence-corrected chi connectivity index (χ3v) is 7.38. The van der Waals surface area contributed by atoms with Gasteiger partial charge in [-0.1, -0.05) is 29.8 Å². The van der Waals surface area contributed by atoms with E-state index in [1.807, 2.05) is 43.5 Å². The molecule has 34 heavy (non-hydrogen) atoms. The van der Waals surface area contributed by atoms with Crippen LogP contribution in [0.15, 0.2) is 96.2 Å². The van der Waals surface area contributed by atoms with E-state index >= 15 is 0 Å². The van der Waals surface area contributed by atoms with Gasteiger partial charge < -0.3 is 5.32 Å². The Morgan fingerprint density at radius 3 is 2.26 bits per heavy atom. The molecule has 0 saturated heterocycles. The molecule has 1 heterocycles. The van der Waals surface area contributed by atoms with Crippen LogP contribution in [-0.4, -0.2) is 37.7 Å². The Bertz CT molecular complexity index is 1350. The van der Waals surface area contributed by atoms with Crippen molar-refractivity contribution < 1.29 is 13.2 Å². The number of nitrogens with zero attached hydrogens (tertiary/aromatic N) is 3. The van der Waals surface area contributed by atoms with Crippen molar-refractivity contribution in [3.05, 3.63) is 108 Å². The molecule has 1 N–H and O–H groups in total. The molecule has 0 atom stereocenters. The van der Waals surface area contributed by atoms with Gasteiger partial charge in [0.2, 0.25) is 0 Å². The maximum Gasteiger partial charge on any atom is 0.264 e. The number of hydrogen-bond acceptors (Lipinski definition) is 4. The predicted molar refractivity (Wildman–Crippen MR) is 133 cm³/mol. The highest BCUT2D eigenvalue weighted by Crippen LogP contribution is 2.22. The molecule has 7 nitrogen and oxygen atoms in total. The summed E-state index contributed by atoms with van der Waals surface area (Å²) in [6, 6.07) is 23.1. The monoisotopic (exact) mass is 474 g/mol. The first-order valence-electron chi connectivity index (χ1n) is 10.9. The molecule has 1 amide bonds. The largest absolute Gasteiger partial charge is 0.352 e. The first kappa shape index (κ1) is 23.3. The van der Waals surface area contributed by atoms with E-state index in [1.54, 1.807) is 59.4 Å². The summed E-state index contributed by atoms with van der Waals surface area (Å²) in [5.41, 5.74) is 4.03. The van der Waals surface area contributed by atoms with Crippen LogP contribution in [0.4, 0.5) is 5.69 Å². The summed E-state index contributed by atoms with van der Waals surface area (Å²) >= 11 is 0. The van der Waals surface area contributed by atoms with Gasteiger partial charge in [0, 0.05) is 31.5 Å². The lowest BCUT2D eigenvalue weighted by Crippen LogP contribution is -2.27. The standard InChI is InChI=1S/C26H26N4O3S/c1-20-4-14-25(15-5-20)34(32,33)29(2)23-12-8-22(9-13-23)26(31)27-18-16-21-6-10-24(11-7-21)30-19-3-17-28-30/h3-15,17,19H,16,18H2,1-2H3,(H,27,31). The molecule has 0 unspecified atom stereocenters. The van der Waals surface area contributed by atoms with Gasteiger partial charge in [-0.3, -0.25) is 9.10 Å². The molecule has 174 valence electrons. The molecule has 0 radical (unpaired) electrons. The number of aromatic nitrogens is 2. The normalized spacial score (nSPS) is 11.2. The van der Waals surface area contributed by atoms with Crippen LogP contribution in [0.3, 0.4) is 0 Å². The first-order chi connectivity index (χ1) is 16.3.